The fourth-order valence-electron chi connectivity index (χ4n) is 2.87. The summed E-state index contributed by atoms with van der Waals surface area (Å²) in [7, 11) is 0. The summed E-state index contributed by atoms with van der Waals surface area (Å²) >= 11 is 0.916. The predicted octanol–water partition coefficient (Wildman–Crippen LogP) is 4.31. The second-order valence-electron chi connectivity index (χ2n) is 6.77. The van der Waals surface area contributed by atoms with Crippen molar-refractivity contribution in [3.8, 4) is 11.3 Å². The summed E-state index contributed by atoms with van der Waals surface area (Å²) in [5.74, 6) is -0.982. The Morgan fingerprint density at radius 2 is 1.90 bits per heavy atom. The predicted molar refractivity (Wildman–Crippen MR) is 106 cm³/mol. The van der Waals surface area contributed by atoms with Gasteiger partial charge in [-0.1, -0.05) is 29.8 Å². The van der Waals surface area contributed by atoms with E-state index in [1.165, 1.54) is 16.0 Å². The van der Waals surface area contributed by atoms with Gasteiger partial charge in [0, 0.05) is 29.9 Å². The van der Waals surface area contributed by atoms with Crippen molar-refractivity contribution in [3.05, 3.63) is 68.2 Å². The van der Waals surface area contributed by atoms with Gasteiger partial charge in [-0.25, -0.2) is 14.8 Å². The number of aryl methyl sites for hydroxylation is 2. The molecule has 0 amide bonds. The summed E-state index contributed by atoms with van der Waals surface area (Å²) in [6, 6.07) is 8.62. The average Bonchev–Trinajstić information content (AvgIpc) is 3.13. The molecule has 0 spiro atoms. The van der Waals surface area contributed by atoms with Gasteiger partial charge in [0.25, 0.3) is 5.56 Å². The lowest BCUT2D eigenvalue weighted by molar-refractivity contribution is -0.135. The van der Waals surface area contributed by atoms with E-state index >= 15 is 0 Å². The van der Waals surface area contributed by atoms with E-state index in [1.807, 2.05) is 19.1 Å². The molecule has 1 N–H and O–H groups in total. The van der Waals surface area contributed by atoms with Crippen LogP contribution in [-0.2, 0) is 13.0 Å². The molecule has 2 aromatic heterocycles. The average molecular weight is 437 g/mol. The number of hydrogen-bond acceptors (Lipinski definition) is 5. The first-order chi connectivity index (χ1) is 14.1. The van der Waals surface area contributed by atoms with Crippen molar-refractivity contribution in [2.75, 3.05) is 0 Å². The van der Waals surface area contributed by atoms with E-state index in [2.05, 4.69) is 9.97 Å². The quantitative estimate of drug-likeness (QED) is 0.596. The van der Waals surface area contributed by atoms with E-state index in [0.717, 1.165) is 16.9 Å². The summed E-state index contributed by atoms with van der Waals surface area (Å²) in [6.07, 6.45) is -5.56. The number of carboxylic acids is 1. The Hall–Kier alpha value is -3.01. The van der Waals surface area contributed by atoms with E-state index in [1.54, 1.807) is 12.1 Å². The van der Waals surface area contributed by atoms with Gasteiger partial charge in [-0.2, -0.15) is 13.2 Å². The molecule has 0 saturated carbocycles. The molecule has 0 radical (unpaired) electrons. The minimum absolute atomic E-state index is 0.0512. The zero-order valence-electron chi connectivity index (χ0n) is 15.9. The molecule has 0 saturated heterocycles. The number of rotatable bonds is 7. The molecular formula is C20H18F3N3O3S. The molecule has 10 heteroatoms. The second-order valence-corrected chi connectivity index (χ2v) is 7.62. The third-order valence-electron chi connectivity index (χ3n) is 4.35. The molecule has 0 unspecified atom stereocenters. The van der Waals surface area contributed by atoms with Crippen LogP contribution in [0.3, 0.4) is 0 Å². The molecule has 6 nitrogen and oxygen atoms in total. The van der Waals surface area contributed by atoms with Crippen LogP contribution in [0.2, 0.25) is 0 Å². The number of aromatic nitrogens is 3. The molecule has 2 heterocycles. The number of alkyl halides is 3. The monoisotopic (exact) mass is 437 g/mol. The summed E-state index contributed by atoms with van der Waals surface area (Å²) in [5, 5.41) is 10.4. The Balaban J connectivity index is 1.97. The van der Waals surface area contributed by atoms with Crippen molar-refractivity contribution in [2.24, 2.45) is 0 Å². The van der Waals surface area contributed by atoms with E-state index in [-0.39, 0.29) is 30.2 Å². The zero-order valence-corrected chi connectivity index (χ0v) is 16.8. The topological polar surface area (TPSA) is 85.1 Å². The van der Waals surface area contributed by atoms with Crippen LogP contribution in [0.4, 0.5) is 13.2 Å². The summed E-state index contributed by atoms with van der Waals surface area (Å²) in [5.41, 5.74) is 1.98. The van der Waals surface area contributed by atoms with Crippen LogP contribution in [0.15, 0.2) is 40.5 Å². The molecule has 1 aromatic carbocycles. The van der Waals surface area contributed by atoms with Crippen molar-refractivity contribution in [3.63, 3.8) is 0 Å². The van der Waals surface area contributed by atoms with E-state index in [0.29, 0.717) is 17.0 Å². The van der Waals surface area contributed by atoms with E-state index < -0.39 is 24.1 Å². The first-order valence-electron chi connectivity index (χ1n) is 9.04. The Bertz CT molecular complexity index is 1100. The van der Waals surface area contributed by atoms with Crippen molar-refractivity contribution in [2.45, 2.75) is 38.9 Å². The summed E-state index contributed by atoms with van der Waals surface area (Å²) in [4.78, 5) is 32.2. The Morgan fingerprint density at radius 3 is 2.50 bits per heavy atom. The largest absolute Gasteiger partial charge is 0.476 e. The van der Waals surface area contributed by atoms with Gasteiger partial charge in [0.05, 0.1) is 17.9 Å². The first kappa shape index (κ1) is 21.7. The molecule has 0 bridgehead atoms. The minimum Gasteiger partial charge on any atom is -0.476 e. The van der Waals surface area contributed by atoms with Crippen molar-refractivity contribution in [1.82, 2.24) is 14.5 Å². The van der Waals surface area contributed by atoms with E-state index in [9.17, 15) is 22.8 Å². The van der Waals surface area contributed by atoms with Crippen LogP contribution < -0.4 is 5.56 Å². The Labute approximate surface area is 173 Å². The van der Waals surface area contributed by atoms with Crippen LogP contribution in [-0.4, -0.2) is 31.8 Å². The number of carboxylic acid groups (broad SMARTS) is 1. The van der Waals surface area contributed by atoms with Gasteiger partial charge in [-0.05, 0) is 13.3 Å². The van der Waals surface area contributed by atoms with Gasteiger partial charge in [0.15, 0.2) is 0 Å². The smallest absolute Gasteiger partial charge is 0.389 e. The fourth-order valence-corrected chi connectivity index (χ4v) is 3.52. The maximum absolute atomic E-state index is 12.8. The van der Waals surface area contributed by atoms with Gasteiger partial charge >= 0.3 is 12.1 Å². The molecular weight excluding hydrogens is 419 g/mol. The number of halogens is 3. The Morgan fingerprint density at radius 1 is 1.20 bits per heavy atom. The lowest BCUT2D eigenvalue weighted by atomic mass is 10.1. The van der Waals surface area contributed by atoms with Gasteiger partial charge < -0.3 is 5.11 Å². The highest BCUT2D eigenvalue weighted by molar-refractivity contribution is 7.11. The number of carbonyl (C=O) groups is 1. The molecule has 158 valence electrons. The van der Waals surface area contributed by atoms with Gasteiger partial charge in [-0.3, -0.25) is 9.36 Å². The zero-order chi connectivity index (χ0) is 21.9. The maximum Gasteiger partial charge on any atom is 0.389 e. The molecule has 3 rings (SSSR count). The normalized spacial score (nSPS) is 11.6. The summed E-state index contributed by atoms with van der Waals surface area (Å²) in [6.45, 7) is 1.85. The fraction of sp³-hybridized carbons (Fsp3) is 0.300. The highest BCUT2D eigenvalue weighted by Crippen LogP contribution is 2.23. The van der Waals surface area contributed by atoms with Crippen LogP contribution in [0.5, 0.6) is 0 Å². The van der Waals surface area contributed by atoms with Gasteiger partial charge in [-0.15, -0.1) is 11.3 Å². The number of hydrogen-bond donors (Lipinski definition) is 1. The first-order valence-corrected chi connectivity index (χ1v) is 9.92. The number of nitrogens with zero attached hydrogens (tertiary/aromatic N) is 3. The third-order valence-corrected chi connectivity index (χ3v) is 5.23. The molecule has 3 aromatic rings. The standard InChI is InChI=1S/C20H18F3N3O3S/c1-12-4-6-13(7-5-12)15-9-17(27)26(10-14-11-30-18(24-14)19(28)29)16(25-15)3-2-8-20(21,22)23/h4-7,9,11H,2-3,8,10H2,1H3,(H,28,29). The highest BCUT2D eigenvalue weighted by atomic mass is 32.1. The molecule has 0 aliphatic heterocycles. The second kappa shape index (κ2) is 8.78. The number of benzene rings is 1. The van der Waals surface area contributed by atoms with Gasteiger partial charge in [0.2, 0.25) is 5.01 Å². The van der Waals surface area contributed by atoms with Crippen molar-refractivity contribution in [1.29, 1.82) is 0 Å². The molecule has 0 aliphatic carbocycles. The molecule has 0 atom stereocenters. The number of thiazole rings is 1. The maximum atomic E-state index is 12.8. The lowest BCUT2D eigenvalue weighted by Gasteiger charge is -2.14. The molecule has 0 aliphatic rings. The van der Waals surface area contributed by atoms with Gasteiger partial charge in [0.1, 0.15) is 5.82 Å². The molecule has 0 fully saturated rings. The van der Waals surface area contributed by atoms with Crippen molar-refractivity contribution < 1.29 is 23.1 Å². The van der Waals surface area contributed by atoms with Crippen LogP contribution in [0.1, 0.15) is 39.7 Å². The van der Waals surface area contributed by atoms with Crippen LogP contribution in [0, 0.1) is 6.92 Å². The SMILES string of the molecule is Cc1ccc(-c2cc(=O)n(Cc3csc(C(=O)O)n3)c(CCCC(F)(F)F)n2)cc1. The third kappa shape index (κ3) is 5.53. The van der Waals surface area contributed by atoms with Crippen LogP contribution in [0.25, 0.3) is 11.3 Å². The number of aromatic carboxylic acids is 1. The van der Waals surface area contributed by atoms with Crippen molar-refractivity contribution >= 4 is 17.3 Å². The highest BCUT2D eigenvalue weighted by Gasteiger charge is 2.26. The summed E-state index contributed by atoms with van der Waals surface area (Å²) < 4.78 is 39.0. The minimum atomic E-state index is -4.30. The lowest BCUT2D eigenvalue weighted by Crippen LogP contribution is -2.26. The molecule has 30 heavy (non-hydrogen) atoms. The van der Waals surface area contributed by atoms with Crippen LogP contribution >= 0.6 is 11.3 Å². The van der Waals surface area contributed by atoms with E-state index in [4.69, 9.17) is 5.11 Å². The Kier molecular flexibility index (Phi) is 6.35.